The average Bonchev–Trinajstić information content (AvgIpc) is 3.47. The van der Waals surface area contributed by atoms with Gasteiger partial charge < -0.3 is 30.0 Å². The molecule has 2 fully saturated rings. The highest BCUT2D eigenvalue weighted by Gasteiger charge is 2.23. The summed E-state index contributed by atoms with van der Waals surface area (Å²) < 4.78 is 1.08. The van der Waals surface area contributed by atoms with Gasteiger partial charge in [-0.25, -0.2) is 4.98 Å². The summed E-state index contributed by atoms with van der Waals surface area (Å²) in [6.07, 6.45) is 2.12. The van der Waals surface area contributed by atoms with Crippen molar-refractivity contribution in [3.8, 4) is 11.4 Å². The van der Waals surface area contributed by atoms with Gasteiger partial charge in [0.1, 0.15) is 11.4 Å². The highest BCUT2D eigenvalue weighted by atomic mass is 32.1. The van der Waals surface area contributed by atoms with Crippen LogP contribution in [0.25, 0.3) is 32.6 Å². The number of nitrogens with zero attached hydrogens (tertiary/aromatic N) is 4. The van der Waals surface area contributed by atoms with Crippen LogP contribution >= 0.6 is 11.3 Å². The number of H-pyrrole nitrogens is 2. The van der Waals surface area contributed by atoms with E-state index in [0.717, 1.165) is 79.0 Å². The van der Waals surface area contributed by atoms with E-state index in [0.29, 0.717) is 17.4 Å². The van der Waals surface area contributed by atoms with Gasteiger partial charge in [-0.15, -0.1) is 11.3 Å². The number of aromatic amines is 2. The molecule has 34 heavy (non-hydrogen) atoms. The molecule has 0 aliphatic carbocycles. The molecule has 0 amide bonds. The second-order valence-electron chi connectivity index (χ2n) is 9.67. The number of aromatic nitrogens is 3. The monoisotopic (exact) mass is 477 g/mol. The van der Waals surface area contributed by atoms with Crippen molar-refractivity contribution in [2.75, 3.05) is 63.6 Å². The standard InChI is InChI=1S/C25H31N7OS/c1-30-8-5-16(6-9-30)26-22-21(25(33)29-19-7-14-34-23(19)22)24-27-18-4-3-17(15-20(18)28-24)32-12-10-31(2)11-13-32/h3-4,7,14-16H,5-6,8-13H2,1-2H3,(H,27,28)(H2,26,29,33). The molecule has 6 rings (SSSR count). The van der Waals surface area contributed by atoms with Crippen LogP contribution < -0.4 is 15.8 Å². The van der Waals surface area contributed by atoms with Crippen LogP contribution in [-0.2, 0) is 0 Å². The zero-order valence-corrected chi connectivity index (χ0v) is 20.5. The summed E-state index contributed by atoms with van der Waals surface area (Å²) >= 11 is 1.65. The number of piperidine rings is 1. The Kier molecular flexibility index (Phi) is 5.55. The largest absolute Gasteiger partial charge is 0.380 e. The van der Waals surface area contributed by atoms with Crippen LogP contribution in [0, 0.1) is 0 Å². The molecule has 2 aliphatic rings. The van der Waals surface area contributed by atoms with Gasteiger partial charge in [0, 0.05) is 37.9 Å². The lowest BCUT2D eigenvalue weighted by Crippen LogP contribution is -2.44. The molecule has 9 heteroatoms. The first-order valence-electron chi connectivity index (χ1n) is 12.1. The highest BCUT2D eigenvalue weighted by Crippen LogP contribution is 2.35. The van der Waals surface area contributed by atoms with Crippen molar-refractivity contribution < 1.29 is 0 Å². The molecule has 0 spiro atoms. The molecule has 2 saturated heterocycles. The number of pyridine rings is 1. The number of hydrogen-bond acceptors (Lipinski definition) is 7. The fourth-order valence-corrected chi connectivity index (χ4v) is 5.98. The third kappa shape index (κ3) is 3.97. The van der Waals surface area contributed by atoms with E-state index in [4.69, 9.17) is 4.98 Å². The topological polar surface area (TPSA) is 83.3 Å². The van der Waals surface area contributed by atoms with Gasteiger partial charge in [0.15, 0.2) is 0 Å². The predicted molar refractivity (Wildman–Crippen MR) is 141 cm³/mol. The molecular weight excluding hydrogens is 446 g/mol. The van der Waals surface area contributed by atoms with Crippen LogP contribution in [0.2, 0.25) is 0 Å². The second kappa shape index (κ2) is 8.72. The number of rotatable bonds is 4. The summed E-state index contributed by atoms with van der Waals surface area (Å²) in [7, 11) is 4.33. The molecule has 1 aromatic carbocycles. The van der Waals surface area contributed by atoms with E-state index in [1.807, 2.05) is 11.4 Å². The molecule has 0 unspecified atom stereocenters. The highest BCUT2D eigenvalue weighted by molar-refractivity contribution is 7.17. The van der Waals surface area contributed by atoms with Gasteiger partial charge >= 0.3 is 0 Å². The first kappa shape index (κ1) is 21.6. The lowest BCUT2D eigenvalue weighted by atomic mass is 10.0. The van der Waals surface area contributed by atoms with E-state index in [1.165, 1.54) is 5.69 Å². The van der Waals surface area contributed by atoms with E-state index in [1.54, 1.807) is 11.3 Å². The lowest BCUT2D eigenvalue weighted by molar-refractivity contribution is 0.264. The minimum atomic E-state index is -0.111. The summed E-state index contributed by atoms with van der Waals surface area (Å²) in [5.41, 5.74) is 5.31. The number of likely N-dealkylation sites (N-methyl/N-ethyl adjacent to an activating group) is 1. The number of piperazine rings is 1. The molecular formula is C25H31N7OS. The van der Waals surface area contributed by atoms with Crippen molar-refractivity contribution in [3.05, 3.63) is 40.0 Å². The summed E-state index contributed by atoms with van der Waals surface area (Å²) in [6.45, 7) is 6.28. The molecule has 8 nitrogen and oxygen atoms in total. The first-order chi connectivity index (χ1) is 16.5. The zero-order chi connectivity index (χ0) is 23.2. The third-order valence-corrected chi connectivity index (χ3v) is 8.19. The second-order valence-corrected chi connectivity index (χ2v) is 10.6. The maximum absolute atomic E-state index is 13.3. The number of thiophene rings is 1. The molecule has 4 aromatic rings. The normalized spacial score (nSPS) is 18.8. The Morgan fingerprint density at radius 1 is 0.971 bits per heavy atom. The zero-order valence-electron chi connectivity index (χ0n) is 19.7. The molecule has 3 aromatic heterocycles. The molecule has 0 atom stereocenters. The minimum Gasteiger partial charge on any atom is -0.380 e. The molecule has 5 heterocycles. The summed E-state index contributed by atoms with van der Waals surface area (Å²) in [5.74, 6) is 0.623. The van der Waals surface area contributed by atoms with Gasteiger partial charge in [-0.05, 0) is 69.7 Å². The lowest BCUT2D eigenvalue weighted by Gasteiger charge is -2.34. The van der Waals surface area contributed by atoms with Gasteiger partial charge in [-0.2, -0.15) is 0 Å². The number of anilines is 2. The predicted octanol–water partition coefficient (Wildman–Crippen LogP) is 3.39. The van der Waals surface area contributed by atoms with Crippen molar-refractivity contribution in [1.82, 2.24) is 24.8 Å². The van der Waals surface area contributed by atoms with Crippen LogP contribution in [0.5, 0.6) is 0 Å². The number of hydrogen-bond donors (Lipinski definition) is 3. The Hall–Kier alpha value is -2.88. The first-order valence-corrected chi connectivity index (χ1v) is 13.0. The van der Waals surface area contributed by atoms with Crippen LogP contribution in [0.15, 0.2) is 34.4 Å². The molecule has 0 saturated carbocycles. The molecule has 0 bridgehead atoms. The average molecular weight is 478 g/mol. The number of benzene rings is 1. The molecule has 2 aliphatic heterocycles. The Morgan fingerprint density at radius 2 is 1.74 bits per heavy atom. The van der Waals surface area contributed by atoms with E-state index in [9.17, 15) is 4.79 Å². The summed E-state index contributed by atoms with van der Waals surface area (Å²) in [4.78, 5) is 31.8. The van der Waals surface area contributed by atoms with Gasteiger partial charge in [-0.3, -0.25) is 4.79 Å². The Morgan fingerprint density at radius 3 is 2.53 bits per heavy atom. The van der Waals surface area contributed by atoms with Gasteiger partial charge in [0.05, 0.1) is 26.9 Å². The fraction of sp³-hybridized carbons (Fsp3) is 0.440. The fourth-order valence-electron chi connectivity index (χ4n) is 5.11. The van der Waals surface area contributed by atoms with E-state index in [-0.39, 0.29) is 5.56 Å². The van der Waals surface area contributed by atoms with Crippen molar-refractivity contribution >= 4 is 44.0 Å². The van der Waals surface area contributed by atoms with Gasteiger partial charge in [-0.1, -0.05) is 0 Å². The smallest absolute Gasteiger partial charge is 0.261 e. The molecule has 3 N–H and O–H groups in total. The van der Waals surface area contributed by atoms with E-state index in [2.05, 4.69) is 62.3 Å². The van der Waals surface area contributed by atoms with Crippen LogP contribution in [0.4, 0.5) is 11.4 Å². The van der Waals surface area contributed by atoms with Crippen LogP contribution in [-0.4, -0.2) is 84.2 Å². The number of fused-ring (bicyclic) bond motifs is 2. The van der Waals surface area contributed by atoms with Crippen molar-refractivity contribution in [3.63, 3.8) is 0 Å². The van der Waals surface area contributed by atoms with Crippen molar-refractivity contribution in [1.29, 1.82) is 0 Å². The third-order valence-electron chi connectivity index (χ3n) is 7.26. The number of likely N-dealkylation sites (tertiary alicyclic amines) is 1. The van der Waals surface area contributed by atoms with Crippen LogP contribution in [0.1, 0.15) is 12.8 Å². The Labute approximate surface area is 202 Å². The maximum Gasteiger partial charge on any atom is 0.261 e. The summed E-state index contributed by atoms with van der Waals surface area (Å²) in [6, 6.07) is 8.69. The van der Waals surface area contributed by atoms with E-state index < -0.39 is 0 Å². The minimum absolute atomic E-state index is 0.111. The summed E-state index contributed by atoms with van der Waals surface area (Å²) in [5, 5.41) is 5.77. The Balaban J connectivity index is 1.40. The maximum atomic E-state index is 13.3. The molecule has 0 radical (unpaired) electrons. The van der Waals surface area contributed by atoms with Crippen LogP contribution in [0.3, 0.4) is 0 Å². The molecule has 178 valence electrons. The number of imidazole rings is 1. The SMILES string of the molecule is CN1CCC(Nc2c(-c3nc4ccc(N5CCN(C)CC5)cc4[nH]3)c(=O)[nH]c3ccsc23)CC1. The quantitative estimate of drug-likeness (QED) is 0.418. The van der Waals surface area contributed by atoms with E-state index >= 15 is 0 Å². The van der Waals surface area contributed by atoms with Crippen molar-refractivity contribution in [2.45, 2.75) is 18.9 Å². The van der Waals surface area contributed by atoms with Gasteiger partial charge in [0.25, 0.3) is 5.56 Å². The Bertz CT molecular complexity index is 1370. The van der Waals surface area contributed by atoms with Gasteiger partial charge in [0.2, 0.25) is 0 Å². The number of nitrogens with one attached hydrogen (secondary N) is 3. The van der Waals surface area contributed by atoms with Crippen molar-refractivity contribution in [2.24, 2.45) is 0 Å².